The van der Waals surface area contributed by atoms with Crippen molar-refractivity contribution >= 4 is 11.9 Å². The van der Waals surface area contributed by atoms with Crippen LogP contribution in [0.15, 0.2) is 24.3 Å². The van der Waals surface area contributed by atoms with Gasteiger partial charge in [0.05, 0.1) is 18.4 Å². The maximum Gasteiger partial charge on any atom is 0.308 e. The number of hydrogen-bond donors (Lipinski definition) is 2. The van der Waals surface area contributed by atoms with Gasteiger partial charge in [0.15, 0.2) is 0 Å². The molecule has 21 heavy (non-hydrogen) atoms. The highest BCUT2D eigenvalue weighted by molar-refractivity contribution is 5.80. The van der Waals surface area contributed by atoms with E-state index in [1.165, 1.54) is 0 Å². The number of aliphatic carboxylic acids is 1. The first kappa shape index (κ1) is 15.5. The third-order valence-corrected chi connectivity index (χ3v) is 3.74. The minimum Gasteiger partial charge on any atom is -0.481 e. The van der Waals surface area contributed by atoms with Crippen LogP contribution in [-0.2, 0) is 20.7 Å². The van der Waals surface area contributed by atoms with Crippen LogP contribution < -0.4 is 5.32 Å². The van der Waals surface area contributed by atoms with Crippen molar-refractivity contribution in [3.8, 4) is 0 Å². The van der Waals surface area contributed by atoms with Crippen LogP contribution in [0.1, 0.15) is 17.5 Å². The summed E-state index contributed by atoms with van der Waals surface area (Å²) in [6.45, 7) is 3.16. The largest absolute Gasteiger partial charge is 0.481 e. The van der Waals surface area contributed by atoms with E-state index in [4.69, 9.17) is 4.74 Å². The Labute approximate surface area is 124 Å². The number of aryl methyl sites for hydroxylation is 1. The Morgan fingerprint density at radius 2 is 2.29 bits per heavy atom. The zero-order valence-electron chi connectivity index (χ0n) is 12.2. The highest BCUT2D eigenvalue weighted by Gasteiger charge is 2.25. The van der Waals surface area contributed by atoms with Gasteiger partial charge in [0.1, 0.15) is 0 Å². The number of carboxylic acids is 1. The molecule has 1 aromatic carbocycles. The number of amides is 1. The lowest BCUT2D eigenvalue weighted by atomic mass is 9.98. The van der Waals surface area contributed by atoms with Crippen molar-refractivity contribution in [2.45, 2.75) is 19.8 Å². The fraction of sp³-hybridized carbons (Fsp3) is 0.500. The van der Waals surface area contributed by atoms with Crippen LogP contribution in [-0.4, -0.2) is 36.7 Å². The summed E-state index contributed by atoms with van der Waals surface area (Å²) in [5.41, 5.74) is 2.07. The molecule has 0 bridgehead atoms. The molecule has 5 nitrogen and oxygen atoms in total. The number of carbonyl (C=O) groups is 2. The molecular weight excluding hydrogens is 270 g/mol. The Balaban J connectivity index is 1.90. The van der Waals surface area contributed by atoms with E-state index in [2.05, 4.69) is 5.32 Å². The average Bonchev–Trinajstić information content (AvgIpc) is 2.97. The lowest BCUT2D eigenvalue weighted by Crippen LogP contribution is -2.37. The van der Waals surface area contributed by atoms with Crippen LogP contribution in [0.25, 0.3) is 0 Å². The molecule has 1 aromatic rings. The molecule has 0 radical (unpaired) electrons. The number of ether oxygens (including phenoxy) is 1. The van der Waals surface area contributed by atoms with E-state index in [9.17, 15) is 14.7 Å². The molecule has 1 fully saturated rings. The smallest absolute Gasteiger partial charge is 0.308 e. The summed E-state index contributed by atoms with van der Waals surface area (Å²) in [6.07, 6.45) is 1.12. The molecule has 1 saturated heterocycles. The molecule has 2 N–H and O–H groups in total. The minimum absolute atomic E-state index is 0.108. The van der Waals surface area contributed by atoms with Gasteiger partial charge in [-0.05, 0) is 25.3 Å². The Morgan fingerprint density at radius 1 is 1.48 bits per heavy atom. The second-order valence-corrected chi connectivity index (χ2v) is 5.53. The third-order valence-electron chi connectivity index (χ3n) is 3.74. The number of nitrogens with one attached hydrogen (secondary N) is 1. The van der Waals surface area contributed by atoms with Crippen molar-refractivity contribution in [1.82, 2.24) is 5.32 Å². The van der Waals surface area contributed by atoms with Gasteiger partial charge < -0.3 is 15.2 Å². The number of carboxylic acid groups (broad SMARTS) is 1. The normalized spacial score (nSPS) is 19.2. The third kappa shape index (κ3) is 4.56. The standard InChI is InChI=1S/C16H21NO4/c1-11-3-2-4-12(7-11)8-14(16(19)20)9-17-15(18)13-5-6-21-10-13/h2-4,7,13-14H,5-6,8-10H2,1H3,(H,17,18)(H,19,20)/t13-,14-/m0/s1. The van der Waals surface area contributed by atoms with Crippen LogP contribution in [0.2, 0.25) is 0 Å². The van der Waals surface area contributed by atoms with Gasteiger partial charge in [-0.1, -0.05) is 29.8 Å². The van der Waals surface area contributed by atoms with E-state index >= 15 is 0 Å². The van der Waals surface area contributed by atoms with Crippen LogP contribution >= 0.6 is 0 Å². The molecule has 1 aliphatic heterocycles. The van der Waals surface area contributed by atoms with Gasteiger partial charge in [0.25, 0.3) is 0 Å². The van der Waals surface area contributed by atoms with E-state index in [1.54, 1.807) is 0 Å². The average molecular weight is 291 g/mol. The molecular formula is C16H21NO4. The summed E-state index contributed by atoms with van der Waals surface area (Å²) in [5, 5.41) is 12.0. The predicted molar refractivity (Wildman–Crippen MR) is 77.9 cm³/mol. The fourth-order valence-corrected chi connectivity index (χ4v) is 2.48. The van der Waals surface area contributed by atoms with E-state index in [1.807, 2.05) is 31.2 Å². The van der Waals surface area contributed by atoms with Crippen molar-refractivity contribution < 1.29 is 19.4 Å². The first-order valence-electron chi connectivity index (χ1n) is 7.20. The fourth-order valence-electron chi connectivity index (χ4n) is 2.48. The Kier molecular flexibility index (Phi) is 5.33. The monoisotopic (exact) mass is 291 g/mol. The molecule has 0 aromatic heterocycles. The molecule has 1 heterocycles. The lowest BCUT2D eigenvalue weighted by Gasteiger charge is -2.15. The van der Waals surface area contributed by atoms with Gasteiger partial charge in [-0.3, -0.25) is 9.59 Å². The molecule has 0 spiro atoms. The summed E-state index contributed by atoms with van der Waals surface area (Å²) >= 11 is 0. The molecule has 1 aliphatic rings. The van der Waals surface area contributed by atoms with Gasteiger partial charge in [0, 0.05) is 13.2 Å². The van der Waals surface area contributed by atoms with Gasteiger partial charge >= 0.3 is 5.97 Å². The van der Waals surface area contributed by atoms with Gasteiger partial charge in [-0.15, -0.1) is 0 Å². The van der Waals surface area contributed by atoms with Crippen molar-refractivity contribution in [1.29, 1.82) is 0 Å². The minimum atomic E-state index is -0.889. The maximum atomic E-state index is 11.9. The predicted octanol–water partition coefficient (Wildman–Crippen LogP) is 1.39. The topological polar surface area (TPSA) is 75.6 Å². The molecule has 2 rings (SSSR count). The number of hydrogen-bond acceptors (Lipinski definition) is 3. The van der Waals surface area contributed by atoms with Crippen LogP contribution in [0.4, 0.5) is 0 Å². The second-order valence-electron chi connectivity index (χ2n) is 5.53. The van der Waals surface area contributed by atoms with Crippen molar-refractivity contribution in [3.63, 3.8) is 0 Å². The van der Waals surface area contributed by atoms with E-state index < -0.39 is 11.9 Å². The first-order valence-corrected chi connectivity index (χ1v) is 7.20. The quantitative estimate of drug-likeness (QED) is 0.830. The maximum absolute atomic E-state index is 11.9. The second kappa shape index (κ2) is 7.22. The Bertz CT molecular complexity index is 509. The van der Waals surface area contributed by atoms with Gasteiger partial charge in [-0.2, -0.15) is 0 Å². The zero-order chi connectivity index (χ0) is 15.2. The summed E-state index contributed by atoms with van der Waals surface area (Å²) < 4.78 is 5.16. The van der Waals surface area contributed by atoms with Gasteiger partial charge in [0.2, 0.25) is 5.91 Å². The van der Waals surface area contributed by atoms with E-state index in [0.717, 1.165) is 11.1 Å². The number of rotatable bonds is 6. The zero-order valence-corrected chi connectivity index (χ0v) is 12.2. The summed E-state index contributed by atoms with van der Waals surface area (Å²) in [5.74, 6) is -1.75. The molecule has 114 valence electrons. The molecule has 0 aliphatic carbocycles. The molecule has 5 heteroatoms. The molecule has 0 saturated carbocycles. The Morgan fingerprint density at radius 3 is 2.90 bits per heavy atom. The summed E-state index contributed by atoms with van der Waals surface area (Å²) in [7, 11) is 0. The van der Waals surface area contributed by atoms with Crippen LogP contribution in [0.3, 0.4) is 0 Å². The van der Waals surface area contributed by atoms with Crippen LogP contribution in [0.5, 0.6) is 0 Å². The summed E-state index contributed by atoms with van der Waals surface area (Å²) in [4.78, 5) is 23.2. The van der Waals surface area contributed by atoms with Gasteiger partial charge in [-0.25, -0.2) is 0 Å². The molecule has 2 atom stereocenters. The lowest BCUT2D eigenvalue weighted by molar-refractivity contribution is -0.141. The highest BCUT2D eigenvalue weighted by Crippen LogP contribution is 2.14. The first-order chi connectivity index (χ1) is 10.1. The SMILES string of the molecule is Cc1cccc(C[C@@H](CNC(=O)[C@H]2CCOC2)C(=O)O)c1. The number of benzene rings is 1. The van der Waals surface area contributed by atoms with Crippen LogP contribution in [0, 0.1) is 18.8 Å². The molecule has 1 amide bonds. The van der Waals surface area contributed by atoms with Crippen molar-refractivity contribution in [2.24, 2.45) is 11.8 Å². The van der Waals surface area contributed by atoms with E-state index in [0.29, 0.717) is 26.1 Å². The van der Waals surface area contributed by atoms with Crippen molar-refractivity contribution in [3.05, 3.63) is 35.4 Å². The Hall–Kier alpha value is -1.88. The highest BCUT2D eigenvalue weighted by atomic mass is 16.5. The molecule has 0 unspecified atom stereocenters. The van der Waals surface area contributed by atoms with E-state index in [-0.39, 0.29) is 18.4 Å². The van der Waals surface area contributed by atoms with Crippen molar-refractivity contribution in [2.75, 3.05) is 19.8 Å². The number of carbonyl (C=O) groups excluding carboxylic acids is 1. The summed E-state index contributed by atoms with van der Waals surface area (Å²) in [6, 6.07) is 7.78.